The molecular formula is C17H17Cl2NO4S. The number of ether oxygens (including phenoxy) is 2. The monoisotopic (exact) mass is 401 g/mol. The molecule has 3 rings (SSSR count). The Morgan fingerprint density at radius 2 is 1.72 bits per heavy atom. The second-order valence-corrected chi connectivity index (χ2v) is 8.27. The molecule has 0 fully saturated rings. The van der Waals surface area contributed by atoms with Gasteiger partial charge in [-0.3, -0.25) is 0 Å². The van der Waals surface area contributed by atoms with E-state index in [1.54, 1.807) is 37.3 Å². The van der Waals surface area contributed by atoms with Gasteiger partial charge in [-0.2, -0.15) is 0 Å². The van der Waals surface area contributed by atoms with E-state index >= 15 is 0 Å². The maximum atomic E-state index is 12.5. The van der Waals surface area contributed by atoms with Crippen LogP contribution in [0.15, 0.2) is 36.4 Å². The molecular weight excluding hydrogens is 385 g/mol. The number of benzene rings is 2. The first-order chi connectivity index (χ1) is 11.9. The number of fused-ring (bicyclic) bond motifs is 1. The highest BCUT2D eigenvalue weighted by Crippen LogP contribution is 2.33. The molecule has 5 nitrogen and oxygen atoms in total. The predicted octanol–water partition coefficient (Wildman–Crippen LogP) is 3.95. The third-order valence-corrected chi connectivity index (χ3v) is 5.91. The average Bonchev–Trinajstić information content (AvgIpc) is 2.57. The molecule has 0 radical (unpaired) electrons. The van der Waals surface area contributed by atoms with Gasteiger partial charge in [0.1, 0.15) is 13.2 Å². The molecule has 1 N–H and O–H groups in total. The van der Waals surface area contributed by atoms with E-state index in [-0.39, 0.29) is 5.75 Å². The molecule has 8 heteroatoms. The van der Waals surface area contributed by atoms with Gasteiger partial charge in [0, 0.05) is 21.7 Å². The number of sulfonamides is 1. The number of hydrogen-bond donors (Lipinski definition) is 1. The largest absolute Gasteiger partial charge is 0.486 e. The Balaban J connectivity index is 1.76. The van der Waals surface area contributed by atoms with Crippen LogP contribution in [0.5, 0.6) is 11.5 Å². The van der Waals surface area contributed by atoms with Crippen LogP contribution in [0.4, 0.5) is 0 Å². The summed E-state index contributed by atoms with van der Waals surface area (Å²) in [5.74, 6) is 0.984. The van der Waals surface area contributed by atoms with Crippen LogP contribution in [0.1, 0.15) is 24.1 Å². The van der Waals surface area contributed by atoms with E-state index in [0.717, 1.165) is 5.56 Å². The molecule has 134 valence electrons. The van der Waals surface area contributed by atoms with Gasteiger partial charge >= 0.3 is 0 Å². The fraction of sp³-hybridized carbons (Fsp3) is 0.294. The maximum absolute atomic E-state index is 12.5. The first-order valence-corrected chi connectivity index (χ1v) is 10.1. The first-order valence-electron chi connectivity index (χ1n) is 7.68. The summed E-state index contributed by atoms with van der Waals surface area (Å²) in [6.45, 7) is 2.74. The van der Waals surface area contributed by atoms with Crippen molar-refractivity contribution in [3.8, 4) is 11.5 Å². The molecule has 1 heterocycles. The zero-order valence-corrected chi connectivity index (χ0v) is 15.8. The van der Waals surface area contributed by atoms with Crippen molar-refractivity contribution in [3.63, 3.8) is 0 Å². The van der Waals surface area contributed by atoms with Crippen molar-refractivity contribution in [2.24, 2.45) is 0 Å². The second-order valence-electron chi connectivity index (χ2n) is 5.70. The maximum Gasteiger partial charge on any atom is 0.216 e. The van der Waals surface area contributed by atoms with Gasteiger partial charge in [-0.1, -0.05) is 35.3 Å². The lowest BCUT2D eigenvalue weighted by molar-refractivity contribution is 0.171. The Morgan fingerprint density at radius 3 is 2.40 bits per heavy atom. The van der Waals surface area contributed by atoms with E-state index in [2.05, 4.69) is 4.72 Å². The standard InChI is InChI=1S/C17H17Cl2NO4S/c1-11(12-5-6-16-17(9-12)24-8-7-23-16)20-25(21,22)10-13-14(18)3-2-4-15(13)19/h2-6,9,11,20H,7-8,10H2,1H3/t11-/m0/s1. The minimum Gasteiger partial charge on any atom is -0.486 e. The number of nitrogens with one attached hydrogen (secondary N) is 1. The molecule has 2 aromatic rings. The van der Waals surface area contributed by atoms with Crippen LogP contribution >= 0.6 is 23.2 Å². The second kappa shape index (κ2) is 7.41. The minimum atomic E-state index is -3.64. The van der Waals surface area contributed by atoms with Gasteiger partial charge in [0.05, 0.1) is 5.75 Å². The molecule has 0 saturated heterocycles. The zero-order chi connectivity index (χ0) is 18.0. The smallest absolute Gasteiger partial charge is 0.216 e. The van der Waals surface area contributed by atoms with Crippen molar-refractivity contribution in [2.45, 2.75) is 18.7 Å². The van der Waals surface area contributed by atoms with E-state index in [1.165, 1.54) is 0 Å². The molecule has 0 aliphatic carbocycles. The van der Waals surface area contributed by atoms with Gasteiger partial charge < -0.3 is 9.47 Å². The van der Waals surface area contributed by atoms with Crippen LogP contribution in [0.3, 0.4) is 0 Å². The number of hydrogen-bond acceptors (Lipinski definition) is 4. The van der Waals surface area contributed by atoms with Crippen molar-refractivity contribution >= 4 is 33.2 Å². The van der Waals surface area contributed by atoms with Gasteiger partial charge in [0.15, 0.2) is 11.5 Å². The molecule has 1 aliphatic heterocycles. The summed E-state index contributed by atoms with van der Waals surface area (Å²) in [6.07, 6.45) is 0. The first kappa shape index (κ1) is 18.3. The Bertz CT molecular complexity index is 866. The van der Waals surface area contributed by atoms with Crippen molar-refractivity contribution in [1.29, 1.82) is 0 Å². The third-order valence-electron chi connectivity index (χ3n) is 3.82. The summed E-state index contributed by atoms with van der Waals surface area (Å²) in [6, 6.07) is 9.83. The highest BCUT2D eigenvalue weighted by atomic mass is 35.5. The van der Waals surface area contributed by atoms with Crippen LogP contribution in [0.2, 0.25) is 10.0 Å². The molecule has 1 aliphatic rings. The highest BCUT2D eigenvalue weighted by molar-refractivity contribution is 7.88. The van der Waals surface area contributed by atoms with Crippen LogP contribution in [0.25, 0.3) is 0 Å². The lowest BCUT2D eigenvalue weighted by Gasteiger charge is -2.21. The average molecular weight is 402 g/mol. The van der Waals surface area contributed by atoms with Gasteiger partial charge in [-0.05, 0) is 36.8 Å². The van der Waals surface area contributed by atoms with Gasteiger partial charge in [0.2, 0.25) is 10.0 Å². The summed E-state index contributed by atoms with van der Waals surface area (Å²) in [4.78, 5) is 0. The molecule has 1 atom stereocenters. The number of halogens is 2. The van der Waals surface area contributed by atoms with Gasteiger partial charge in [-0.25, -0.2) is 13.1 Å². The summed E-state index contributed by atoms with van der Waals surface area (Å²) in [5.41, 5.74) is 1.16. The summed E-state index contributed by atoms with van der Waals surface area (Å²) >= 11 is 12.1. The summed E-state index contributed by atoms with van der Waals surface area (Å²) in [7, 11) is -3.64. The Labute approximate surface area is 156 Å². The van der Waals surface area contributed by atoms with Crippen molar-refractivity contribution in [2.75, 3.05) is 13.2 Å². The van der Waals surface area contributed by atoms with Crippen LogP contribution in [-0.4, -0.2) is 21.6 Å². The molecule has 0 saturated carbocycles. The molecule has 0 amide bonds. The topological polar surface area (TPSA) is 64.6 Å². The van der Waals surface area contributed by atoms with Crippen LogP contribution in [-0.2, 0) is 15.8 Å². The minimum absolute atomic E-state index is 0.291. The van der Waals surface area contributed by atoms with Crippen LogP contribution < -0.4 is 14.2 Å². The number of rotatable bonds is 5. The Morgan fingerprint density at radius 1 is 1.08 bits per heavy atom. The SMILES string of the molecule is C[C@H](NS(=O)(=O)Cc1c(Cl)cccc1Cl)c1ccc2c(c1)OCCO2. The molecule has 0 bridgehead atoms. The molecule has 25 heavy (non-hydrogen) atoms. The third kappa shape index (κ3) is 4.39. The fourth-order valence-electron chi connectivity index (χ4n) is 2.57. The van der Waals surface area contributed by atoms with Crippen molar-refractivity contribution in [3.05, 3.63) is 57.6 Å². The van der Waals surface area contributed by atoms with Gasteiger partial charge in [-0.15, -0.1) is 0 Å². The van der Waals surface area contributed by atoms with Crippen molar-refractivity contribution in [1.82, 2.24) is 4.72 Å². The van der Waals surface area contributed by atoms with E-state index in [9.17, 15) is 8.42 Å². The van der Waals surface area contributed by atoms with Gasteiger partial charge in [0.25, 0.3) is 0 Å². The Hall–Kier alpha value is -1.47. The van der Waals surface area contributed by atoms with Crippen molar-refractivity contribution < 1.29 is 17.9 Å². The fourth-order valence-corrected chi connectivity index (χ4v) is 4.71. The molecule has 0 unspecified atom stereocenters. The van der Waals surface area contributed by atoms with E-state index in [4.69, 9.17) is 32.7 Å². The highest BCUT2D eigenvalue weighted by Gasteiger charge is 2.21. The molecule has 2 aromatic carbocycles. The zero-order valence-electron chi connectivity index (χ0n) is 13.5. The molecule has 0 spiro atoms. The van der Waals surface area contributed by atoms with E-state index in [1.807, 2.05) is 6.07 Å². The quantitative estimate of drug-likeness (QED) is 0.823. The summed E-state index contributed by atoms with van der Waals surface area (Å²) < 4.78 is 38.6. The Kier molecular flexibility index (Phi) is 5.43. The lowest BCUT2D eigenvalue weighted by atomic mass is 10.1. The molecule has 0 aromatic heterocycles. The van der Waals surface area contributed by atoms with Crippen LogP contribution in [0, 0.1) is 0 Å². The normalized spacial score (nSPS) is 15.0. The van der Waals surface area contributed by atoms with E-state index < -0.39 is 16.1 Å². The summed E-state index contributed by atoms with van der Waals surface area (Å²) in [5, 5.41) is 0.648. The lowest BCUT2D eigenvalue weighted by Crippen LogP contribution is -2.28. The van der Waals surface area contributed by atoms with E-state index in [0.29, 0.717) is 40.3 Å². The predicted molar refractivity (Wildman–Crippen MR) is 98.1 cm³/mol.